The van der Waals surface area contributed by atoms with Crippen LogP contribution in [0.5, 0.6) is 0 Å². The lowest BCUT2D eigenvalue weighted by Gasteiger charge is -1.91. The van der Waals surface area contributed by atoms with Gasteiger partial charge in [0.05, 0.1) is 6.61 Å². The highest BCUT2D eigenvalue weighted by Gasteiger charge is 2.20. The van der Waals surface area contributed by atoms with Crippen LogP contribution in [0, 0.1) is 0 Å². The van der Waals surface area contributed by atoms with E-state index in [1.807, 2.05) is 22.6 Å². The SMILES string of the molecule is O=C1CCOC1I. The van der Waals surface area contributed by atoms with Crippen molar-refractivity contribution in [3.63, 3.8) is 0 Å². The van der Waals surface area contributed by atoms with Crippen LogP contribution in [0.15, 0.2) is 0 Å². The maximum absolute atomic E-state index is 10.4. The number of carbonyl (C=O) groups excluding carboxylic acids is 1. The van der Waals surface area contributed by atoms with E-state index in [9.17, 15) is 4.79 Å². The third-order valence-corrected chi connectivity index (χ3v) is 1.92. The van der Waals surface area contributed by atoms with Gasteiger partial charge in [-0.1, -0.05) is 0 Å². The molecule has 0 bridgehead atoms. The number of carbonyl (C=O) groups is 1. The average molecular weight is 212 g/mol. The number of rotatable bonds is 0. The third-order valence-electron chi connectivity index (χ3n) is 0.866. The Morgan fingerprint density at radius 2 is 2.57 bits per heavy atom. The Morgan fingerprint density at radius 1 is 1.86 bits per heavy atom. The minimum atomic E-state index is -0.155. The normalized spacial score (nSPS) is 31.6. The molecule has 0 aromatic rings. The fourth-order valence-corrected chi connectivity index (χ4v) is 1.04. The maximum Gasteiger partial charge on any atom is 0.173 e. The van der Waals surface area contributed by atoms with Gasteiger partial charge in [0.15, 0.2) is 9.89 Å². The number of ether oxygens (including phenoxy) is 1. The van der Waals surface area contributed by atoms with Gasteiger partial charge in [-0.3, -0.25) is 4.79 Å². The number of Topliss-reactive ketones (excluding diaryl/α,β-unsaturated/α-hetero) is 1. The van der Waals surface area contributed by atoms with Crippen LogP contribution in [-0.4, -0.2) is 16.5 Å². The predicted octanol–water partition coefficient (Wildman–Crippen LogP) is 0.737. The van der Waals surface area contributed by atoms with Gasteiger partial charge in [-0.15, -0.1) is 0 Å². The quantitative estimate of drug-likeness (QED) is 0.437. The summed E-state index contributed by atoms with van der Waals surface area (Å²) in [5.74, 6) is 0.223. The van der Waals surface area contributed by atoms with Crippen molar-refractivity contribution in [2.45, 2.75) is 10.5 Å². The molecule has 0 radical (unpaired) electrons. The molecule has 0 aromatic carbocycles. The molecule has 3 heteroatoms. The second kappa shape index (κ2) is 2.09. The molecule has 1 unspecified atom stereocenters. The molecule has 1 aliphatic rings. The highest BCUT2D eigenvalue weighted by Crippen LogP contribution is 2.13. The van der Waals surface area contributed by atoms with Crippen LogP contribution in [0.25, 0.3) is 0 Å². The summed E-state index contributed by atoms with van der Waals surface area (Å²) in [5.41, 5.74) is 0. The van der Waals surface area contributed by atoms with Crippen molar-refractivity contribution in [2.75, 3.05) is 6.61 Å². The van der Waals surface area contributed by atoms with Gasteiger partial charge in [-0.05, 0) is 22.6 Å². The molecule has 40 valence electrons. The van der Waals surface area contributed by atoms with Crippen molar-refractivity contribution in [1.82, 2.24) is 0 Å². The molecule has 2 nitrogen and oxygen atoms in total. The van der Waals surface area contributed by atoms with E-state index < -0.39 is 0 Å². The first-order valence-corrected chi connectivity index (χ1v) is 3.33. The first-order valence-electron chi connectivity index (χ1n) is 2.09. The van der Waals surface area contributed by atoms with E-state index in [1.165, 1.54) is 0 Å². The lowest BCUT2D eigenvalue weighted by atomic mass is 10.4. The summed E-state index contributed by atoms with van der Waals surface area (Å²) in [4.78, 5) is 10.4. The lowest BCUT2D eigenvalue weighted by Crippen LogP contribution is -2.03. The zero-order valence-electron chi connectivity index (χ0n) is 3.69. The Balaban J connectivity index is 2.48. The van der Waals surface area contributed by atoms with Gasteiger partial charge in [0.25, 0.3) is 0 Å². The number of alkyl halides is 1. The van der Waals surface area contributed by atoms with E-state index in [0.717, 1.165) is 0 Å². The molecule has 1 atom stereocenters. The van der Waals surface area contributed by atoms with Gasteiger partial charge in [-0.2, -0.15) is 0 Å². The average Bonchev–Trinajstić information content (AvgIpc) is 1.91. The summed E-state index contributed by atoms with van der Waals surface area (Å²) in [7, 11) is 0. The molecular weight excluding hydrogens is 207 g/mol. The topological polar surface area (TPSA) is 26.3 Å². The van der Waals surface area contributed by atoms with Gasteiger partial charge in [0.1, 0.15) is 0 Å². The standard InChI is InChI=1S/C4H5IO2/c5-4-3(6)1-2-7-4/h4H,1-2H2. The van der Waals surface area contributed by atoms with Crippen molar-refractivity contribution in [3.8, 4) is 0 Å². The van der Waals surface area contributed by atoms with E-state index in [2.05, 4.69) is 0 Å². The zero-order chi connectivity index (χ0) is 5.28. The third kappa shape index (κ3) is 1.13. The van der Waals surface area contributed by atoms with Gasteiger partial charge >= 0.3 is 0 Å². The van der Waals surface area contributed by atoms with Crippen LogP contribution in [0.3, 0.4) is 0 Å². The number of halogens is 1. The van der Waals surface area contributed by atoms with Gasteiger partial charge in [0, 0.05) is 6.42 Å². The summed E-state index contributed by atoms with van der Waals surface area (Å²) in [6.07, 6.45) is 0.605. The van der Waals surface area contributed by atoms with Gasteiger partial charge < -0.3 is 4.74 Å². The van der Waals surface area contributed by atoms with Crippen LogP contribution < -0.4 is 0 Å². The number of ketones is 1. The summed E-state index contributed by atoms with van der Waals surface area (Å²) < 4.78 is 4.75. The van der Waals surface area contributed by atoms with Crippen molar-refractivity contribution < 1.29 is 9.53 Å². The van der Waals surface area contributed by atoms with Gasteiger partial charge in [0.2, 0.25) is 0 Å². The van der Waals surface area contributed by atoms with Crippen LogP contribution in [0.1, 0.15) is 6.42 Å². The summed E-state index contributed by atoms with van der Waals surface area (Å²) in [6.45, 7) is 0.617. The Hall–Kier alpha value is 0.360. The molecule has 0 aliphatic carbocycles. The van der Waals surface area contributed by atoms with E-state index in [1.54, 1.807) is 0 Å². The molecule has 0 saturated carbocycles. The molecule has 0 N–H and O–H groups in total. The smallest absolute Gasteiger partial charge is 0.173 e. The number of hydrogen-bond acceptors (Lipinski definition) is 2. The van der Waals surface area contributed by atoms with Crippen molar-refractivity contribution >= 4 is 28.4 Å². The lowest BCUT2D eigenvalue weighted by molar-refractivity contribution is -0.118. The van der Waals surface area contributed by atoms with E-state index in [-0.39, 0.29) is 9.89 Å². The molecule has 1 rings (SSSR count). The maximum atomic E-state index is 10.4. The van der Waals surface area contributed by atoms with Gasteiger partial charge in [-0.25, -0.2) is 0 Å². The number of hydrogen-bond donors (Lipinski definition) is 0. The first kappa shape index (κ1) is 5.50. The molecule has 1 saturated heterocycles. The summed E-state index contributed by atoms with van der Waals surface area (Å²) >= 11 is 1.99. The fraction of sp³-hybridized carbons (Fsp3) is 0.750. The van der Waals surface area contributed by atoms with Crippen LogP contribution in [-0.2, 0) is 9.53 Å². The Kier molecular flexibility index (Phi) is 1.64. The Labute approximate surface area is 55.4 Å². The zero-order valence-corrected chi connectivity index (χ0v) is 5.84. The van der Waals surface area contributed by atoms with E-state index in [4.69, 9.17) is 4.74 Å². The molecule has 0 amide bonds. The minimum absolute atomic E-state index is 0.155. The molecule has 0 aromatic heterocycles. The van der Waals surface area contributed by atoms with Crippen molar-refractivity contribution in [3.05, 3.63) is 0 Å². The molecule has 7 heavy (non-hydrogen) atoms. The molecular formula is C4H5IO2. The summed E-state index contributed by atoms with van der Waals surface area (Å²) in [6, 6.07) is 0. The monoisotopic (exact) mass is 212 g/mol. The Morgan fingerprint density at radius 3 is 2.71 bits per heavy atom. The van der Waals surface area contributed by atoms with Crippen LogP contribution >= 0.6 is 22.6 Å². The highest BCUT2D eigenvalue weighted by molar-refractivity contribution is 14.1. The van der Waals surface area contributed by atoms with Crippen LogP contribution in [0.4, 0.5) is 0 Å². The predicted molar refractivity (Wildman–Crippen MR) is 33.4 cm³/mol. The van der Waals surface area contributed by atoms with E-state index >= 15 is 0 Å². The molecule has 1 aliphatic heterocycles. The summed E-state index contributed by atoms with van der Waals surface area (Å²) in [5, 5.41) is 0. The molecule has 1 fully saturated rings. The second-order valence-corrected chi connectivity index (χ2v) is 2.53. The highest BCUT2D eigenvalue weighted by atomic mass is 127. The largest absolute Gasteiger partial charge is 0.360 e. The van der Waals surface area contributed by atoms with Crippen molar-refractivity contribution in [1.29, 1.82) is 0 Å². The molecule has 1 heterocycles. The van der Waals surface area contributed by atoms with Crippen LogP contribution in [0.2, 0.25) is 0 Å². The fourth-order valence-electron chi connectivity index (χ4n) is 0.469. The second-order valence-electron chi connectivity index (χ2n) is 1.40. The minimum Gasteiger partial charge on any atom is -0.360 e. The molecule has 0 spiro atoms. The Bertz CT molecular complexity index is 91.7. The van der Waals surface area contributed by atoms with E-state index in [0.29, 0.717) is 13.0 Å². The first-order chi connectivity index (χ1) is 3.30. The van der Waals surface area contributed by atoms with Crippen molar-refractivity contribution in [2.24, 2.45) is 0 Å².